The van der Waals surface area contributed by atoms with Crippen LogP contribution in [0.5, 0.6) is 0 Å². The monoisotopic (exact) mass is 280 g/mol. The Morgan fingerprint density at radius 3 is 2.90 bits per heavy atom. The molecule has 20 heavy (non-hydrogen) atoms. The topological polar surface area (TPSA) is 83.8 Å². The first kappa shape index (κ1) is 14.9. The van der Waals surface area contributed by atoms with Gasteiger partial charge in [0.25, 0.3) is 0 Å². The number of fused-ring (bicyclic) bond motifs is 1. The van der Waals surface area contributed by atoms with Crippen LogP contribution in [0.1, 0.15) is 26.2 Å². The van der Waals surface area contributed by atoms with E-state index >= 15 is 0 Å². The van der Waals surface area contributed by atoms with Gasteiger partial charge < -0.3 is 14.9 Å². The number of rotatable bonds is 2. The third-order valence-corrected chi connectivity index (χ3v) is 4.10. The fourth-order valence-electron chi connectivity index (χ4n) is 2.91. The first-order chi connectivity index (χ1) is 9.56. The van der Waals surface area contributed by atoms with Crippen LogP contribution in [0.4, 0.5) is 0 Å². The lowest BCUT2D eigenvalue weighted by Crippen LogP contribution is -2.32. The second-order valence-electron chi connectivity index (χ2n) is 5.46. The molecule has 1 saturated heterocycles. The Bertz CT molecular complexity index is 451. The molecule has 1 aliphatic heterocycles. The standard InChI is InChI=1S/C15H20O5/c1-9-14-12(18)5-10(7-16)3-2-4-11(8-17)6-13(14)20-15(9)19/h3,6-7,9,12-14,17-18H,2,4-5,8H2,1H3/t9-,12-,13?,14?/m0/s1. The summed E-state index contributed by atoms with van der Waals surface area (Å²) in [6, 6.07) is 0. The Morgan fingerprint density at radius 2 is 2.25 bits per heavy atom. The molecule has 5 nitrogen and oxygen atoms in total. The number of carbonyl (C=O) groups is 2. The maximum Gasteiger partial charge on any atom is 0.309 e. The van der Waals surface area contributed by atoms with Gasteiger partial charge in [-0.25, -0.2) is 0 Å². The molecule has 110 valence electrons. The minimum atomic E-state index is -0.813. The fourth-order valence-corrected chi connectivity index (χ4v) is 2.91. The number of carbonyl (C=O) groups excluding carboxylic acids is 2. The zero-order valence-electron chi connectivity index (χ0n) is 11.5. The minimum Gasteiger partial charge on any atom is -0.457 e. The van der Waals surface area contributed by atoms with Crippen LogP contribution in [0.15, 0.2) is 23.3 Å². The lowest BCUT2D eigenvalue weighted by Gasteiger charge is -2.24. The molecule has 0 aromatic heterocycles. The summed E-state index contributed by atoms with van der Waals surface area (Å²) in [5.41, 5.74) is 1.29. The van der Waals surface area contributed by atoms with Crippen molar-refractivity contribution < 1.29 is 24.5 Å². The number of hydrogen-bond acceptors (Lipinski definition) is 5. The van der Waals surface area contributed by atoms with E-state index in [0.29, 0.717) is 18.4 Å². The minimum absolute atomic E-state index is 0.116. The maximum atomic E-state index is 11.7. The molecular formula is C15H20O5. The highest BCUT2D eigenvalue weighted by atomic mass is 16.6. The van der Waals surface area contributed by atoms with Gasteiger partial charge in [-0.15, -0.1) is 0 Å². The summed E-state index contributed by atoms with van der Waals surface area (Å²) >= 11 is 0. The molecule has 5 heteroatoms. The van der Waals surface area contributed by atoms with E-state index in [2.05, 4.69) is 0 Å². The highest BCUT2D eigenvalue weighted by Gasteiger charge is 2.44. The Labute approximate surface area is 117 Å². The van der Waals surface area contributed by atoms with Gasteiger partial charge in [-0.3, -0.25) is 9.59 Å². The van der Waals surface area contributed by atoms with Crippen LogP contribution in [0.3, 0.4) is 0 Å². The predicted octanol–water partition coefficient (Wildman–Crippen LogP) is 0.753. The van der Waals surface area contributed by atoms with E-state index in [1.165, 1.54) is 0 Å². The van der Waals surface area contributed by atoms with E-state index in [1.807, 2.05) is 0 Å². The van der Waals surface area contributed by atoms with Crippen LogP contribution in [0, 0.1) is 11.8 Å². The van der Waals surface area contributed by atoms with Gasteiger partial charge in [-0.05, 0) is 30.1 Å². The van der Waals surface area contributed by atoms with E-state index in [1.54, 1.807) is 19.1 Å². The second kappa shape index (κ2) is 6.33. The van der Waals surface area contributed by atoms with Crippen molar-refractivity contribution in [1.82, 2.24) is 0 Å². The molecule has 2 N–H and O–H groups in total. The zero-order valence-corrected chi connectivity index (χ0v) is 11.5. The van der Waals surface area contributed by atoms with Crippen LogP contribution in [0.2, 0.25) is 0 Å². The molecule has 0 spiro atoms. The Morgan fingerprint density at radius 1 is 1.50 bits per heavy atom. The molecule has 0 aromatic rings. The quantitative estimate of drug-likeness (QED) is 0.443. The molecule has 0 aromatic carbocycles. The summed E-state index contributed by atoms with van der Waals surface area (Å²) in [6.07, 6.45) is 4.39. The van der Waals surface area contributed by atoms with Crippen molar-refractivity contribution in [3.63, 3.8) is 0 Å². The van der Waals surface area contributed by atoms with Crippen molar-refractivity contribution in [1.29, 1.82) is 0 Å². The summed E-state index contributed by atoms with van der Waals surface area (Å²) in [7, 11) is 0. The molecule has 0 bridgehead atoms. The average Bonchev–Trinajstić information content (AvgIpc) is 2.71. The van der Waals surface area contributed by atoms with Gasteiger partial charge >= 0.3 is 5.97 Å². The zero-order chi connectivity index (χ0) is 14.7. The van der Waals surface area contributed by atoms with Gasteiger partial charge in [0, 0.05) is 12.3 Å². The molecule has 0 saturated carbocycles. The van der Waals surface area contributed by atoms with Crippen molar-refractivity contribution in [2.24, 2.45) is 11.8 Å². The summed E-state index contributed by atoms with van der Waals surface area (Å²) in [6.45, 7) is 1.61. The lowest BCUT2D eigenvalue weighted by atomic mass is 9.82. The van der Waals surface area contributed by atoms with Crippen molar-refractivity contribution in [3.8, 4) is 0 Å². The normalized spacial score (nSPS) is 34.6. The molecule has 1 aliphatic carbocycles. The molecule has 1 heterocycles. The third kappa shape index (κ3) is 2.99. The first-order valence-electron chi connectivity index (χ1n) is 6.90. The van der Waals surface area contributed by atoms with Gasteiger partial charge in [0.2, 0.25) is 0 Å². The highest BCUT2D eigenvalue weighted by Crippen LogP contribution is 2.35. The third-order valence-electron chi connectivity index (χ3n) is 4.10. The number of aliphatic hydroxyl groups is 2. The van der Waals surface area contributed by atoms with Crippen molar-refractivity contribution in [3.05, 3.63) is 23.3 Å². The van der Waals surface area contributed by atoms with Crippen molar-refractivity contribution in [2.45, 2.75) is 38.4 Å². The summed E-state index contributed by atoms with van der Waals surface area (Å²) < 4.78 is 5.29. The van der Waals surface area contributed by atoms with Gasteiger partial charge in [-0.1, -0.05) is 13.0 Å². The highest BCUT2D eigenvalue weighted by molar-refractivity contribution is 5.76. The first-order valence-corrected chi connectivity index (χ1v) is 6.90. The molecular weight excluding hydrogens is 260 g/mol. The van der Waals surface area contributed by atoms with Crippen LogP contribution in [-0.2, 0) is 14.3 Å². The van der Waals surface area contributed by atoms with E-state index in [9.17, 15) is 19.8 Å². The number of ether oxygens (including phenoxy) is 1. The Hall–Kier alpha value is -1.46. The SMILES string of the molecule is C[C@@H]1C(=O)OC2C=C(CO)CCC=C(C=O)C[C@H](O)C21. The van der Waals surface area contributed by atoms with Crippen LogP contribution in [-0.4, -0.2) is 41.3 Å². The predicted molar refractivity (Wildman–Crippen MR) is 71.7 cm³/mol. The van der Waals surface area contributed by atoms with E-state index in [-0.39, 0.29) is 24.9 Å². The number of aldehydes is 1. The van der Waals surface area contributed by atoms with E-state index in [0.717, 1.165) is 11.9 Å². The number of esters is 1. The summed E-state index contributed by atoms with van der Waals surface area (Å²) in [5, 5.41) is 19.7. The Balaban J connectivity index is 2.34. The molecule has 0 amide bonds. The van der Waals surface area contributed by atoms with Crippen LogP contribution < -0.4 is 0 Å². The lowest BCUT2D eigenvalue weighted by molar-refractivity contribution is -0.142. The van der Waals surface area contributed by atoms with E-state index in [4.69, 9.17) is 4.74 Å². The van der Waals surface area contributed by atoms with Gasteiger partial charge in [-0.2, -0.15) is 0 Å². The number of hydrogen-bond donors (Lipinski definition) is 2. The fraction of sp³-hybridized carbons (Fsp3) is 0.600. The number of aliphatic hydroxyl groups excluding tert-OH is 2. The van der Waals surface area contributed by atoms with Crippen molar-refractivity contribution >= 4 is 12.3 Å². The Kier molecular flexibility index (Phi) is 4.73. The number of allylic oxidation sites excluding steroid dienone is 1. The molecule has 4 atom stereocenters. The second-order valence-corrected chi connectivity index (χ2v) is 5.46. The largest absolute Gasteiger partial charge is 0.457 e. The van der Waals surface area contributed by atoms with Gasteiger partial charge in [0.15, 0.2) is 0 Å². The smallest absolute Gasteiger partial charge is 0.309 e. The summed E-state index contributed by atoms with van der Waals surface area (Å²) in [5.74, 6) is -1.15. The maximum absolute atomic E-state index is 11.7. The van der Waals surface area contributed by atoms with Crippen molar-refractivity contribution in [2.75, 3.05) is 6.61 Å². The molecule has 1 fully saturated rings. The van der Waals surface area contributed by atoms with E-state index < -0.39 is 18.1 Å². The molecule has 2 aliphatic rings. The molecule has 2 rings (SSSR count). The van der Waals surface area contributed by atoms with Crippen LogP contribution in [0.25, 0.3) is 0 Å². The molecule has 2 unspecified atom stereocenters. The average molecular weight is 280 g/mol. The van der Waals surface area contributed by atoms with Gasteiger partial charge in [0.05, 0.1) is 18.6 Å². The summed E-state index contributed by atoms with van der Waals surface area (Å²) in [4.78, 5) is 22.7. The van der Waals surface area contributed by atoms with Crippen LogP contribution >= 0.6 is 0 Å². The van der Waals surface area contributed by atoms with Gasteiger partial charge in [0.1, 0.15) is 12.4 Å². The molecule has 0 radical (unpaired) electrons.